The minimum absolute atomic E-state index is 0.291. The third kappa shape index (κ3) is 1.44. The Balaban J connectivity index is 2.27. The lowest BCUT2D eigenvalue weighted by Crippen LogP contribution is -1.83. The number of furan rings is 1. The monoisotopic (exact) mass is 238 g/mol. The molecule has 0 saturated heterocycles. The molecule has 1 aliphatic carbocycles. The van der Waals surface area contributed by atoms with Gasteiger partial charge in [-0.05, 0) is 36.5 Å². The van der Waals surface area contributed by atoms with Gasteiger partial charge in [-0.15, -0.1) is 0 Å². The summed E-state index contributed by atoms with van der Waals surface area (Å²) in [6.45, 7) is 1.95. The molecule has 3 heteroatoms. The molecule has 3 rings (SSSR count). The van der Waals surface area contributed by atoms with E-state index in [4.69, 9.17) is 16.0 Å². The first-order chi connectivity index (χ1) is 7.70. The molecule has 1 aromatic carbocycles. The summed E-state index contributed by atoms with van der Waals surface area (Å²) in [5.74, 6) is 0.902. The summed E-state index contributed by atoms with van der Waals surface area (Å²) in [4.78, 5) is 0. The van der Waals surface area contributed by atoms with Crippen molar-refractivity contribution in [3.8, 4) is 0 Å². The summed E-state index contributed by atoms with van der Waals surface area (Å²) >= 11 is 6.17. The zero-order valence-electron chi connectivity index (χ0n) is 9.02. The highest BCUT2D eigenvalue weighted by molar-refractivity contribution is 6.36. The molecule has 1 fully saturated rings. The Morgan fingerprint density at radius 2 is 2.19 bits per heavy atom. The van der Waals surface area contributed by atoms with Crippen molar-refractivity contribution in [3.63, 3.8) is 0 Å². The van der Waals surface area contributed by atoms with E-state index in [1.807, 2.05) is 13.0 Å². The molecule has 0 radical (unpaired) electrons. The molecule has 0 atom stereocenters. The van der Waals surface area contributed by atoms with Crippen LogP contribution in [0.15, 0.2) is 16.5 Å². The second-order valence-electron chi connectivity index (χ2n) is 4.35. The molecular formula is C13H12ClFO. The van der Waals surface area contributed by atoms with Crippen LogP contribution in [0.3, 0.4) is 0 Å². The lowest BCUT2D eigenvalue weighted by molar-refractivity contribution is 0.524. The summed E-state index contributed by atoms with van der Waals surface area (Å²) in [6.07, 6.45) is 2.99. The minimum Gasteiger partial charge on any atom is -0.456 e. The highest BCUT2D eigenvalue weighted by Crippen LogP contribution is 2.43. The van der Waals surface area contributed by atoms with E-state index in [2.05, 4.69) is 0 Å². The molecule has 84 valence electrons. The number of aryl methyl sites for hydroxylation is 1. The number of halogens is 2. The molecule has 1 saturated carbocycles. The average molecular weight is 239 g/mol. The van der Waals surface area contributed by atoms with E-state index in [-0.39, 0.29) is 5.82 Å². The highest BCUT2D eigenvalue weighted by atomic mass is 35.5. The fourth-order valence-electron chi connectivity index (χ4n) is 2.08. The van der Waals surface area contributed by atoms with Crippen LogP contribution in [0.1, 0.15) is 37.0 Å². The zero-order valence-corrected chi connectivity index (χ0v) is 9.77. The molecule has 0 amide bonds. The van der Waals surface area contributed by atoms with Gasteiger partial charge in [0.1, 0.15) is 5.76 Å². The van der Waals surface area contributed by atoms with Crippen LogP contribution < -0.4 is 0 Å². The van der Waals surface area contributed by atoms with Gasteiger partial charge in [-0.2, -0.15) is 0 Å². The Labute approximate surface area is 98.2 Å². The molecule has 1 aromatic heterocycles. The number of hydrogen-bond donors (Lipinski definition) is 0. The molecule has 1 heterocycles. The first kappa shape index (κ1) is 10.2. The van der Waals surface area contributed by atoms with Crippen LogP contribution in [0.5, 0.6) is 0 Å². The molecular weight excluding hydrogens is 227 g/mol. The number of hydrogen-bond acceptors (Lipinski definition) is 1. The van der Waals surface area contributed by atoms with Crippen LogP contribution in [0.25, 0.3) is 11.0 Å². The number of benzene rings is 1. The fourth-order valence-corrected chi connectivity index (χ4v) is 2.39. The normalized spacial score (nSPS) is 15.9. The Kier molecular flexibility index (Phi) is 2.21. The van der Waals surface area contributed by atoms with Crippen molar-refractivity contribution >= 4 is 22.6 Å². The van der Waals surface area contributed by atoms with Crippen LogP contribution >= 0.6 is 11.6 Å². The molecule has 16 heavy (non-hydrogen) atoms. The van der Waals surface area contributed by atoms with Gasteiger partial charge in [0, 0.05) is 11.8 Å². The van der Waals surface area contributed by atoms with Crippen molar-refractivity contribution in [2.24, 2.45) is 0 Å². The smallest absolute Gasteiger partial charge is 0.171 e. The third-order valence-corrected chi connectivity index (χ3v) is 3.56. The van der Waals surface area contributed by atoms with Crippen molar-refractivity contribution < 1.29 is 8.81 Å². The van der Waals surface area contributed by atoms with Crippen molar-refractivity contribution in [2.75, 3.05) is 0 Å². The average Bonchev–Trinajstić information content (AvgIpc) is 3.06. The molecule has 0 N–H and O–H groups in total. The summed E-state index contributed by atoms with van der Waals surface area (Å²) in [5.41, 5.74) is 1.35. The van der Waals surface area contributed by atoms with E-state index in [1.54, 1.807) is 6.07 Å². The second kappa shape index (κ2) is 3.49. The van der Waals surface area contributed by atoms with E-state index in [0.29, 0.717) is 28.7 Å². The quantitative estimate of drug-likeness (QED) is 0.741. The third-order valence-electron chi connectivity index (χ3n) is 3.14. The largest absolute Gasteiger partial charge is 0.456 e. The number of rotatable bonds is 2. The minimum atomic E-state index is -0.291. The van der Waals surface area contributed by atoms with Gasteiger partial charge in [0.25, 0.3) is 0 Å². The van der Waals surface area contributed by atoms with Crippen molar-refractivity contribution in [3.05, 3.63) is 34.3 Å². The van der Waals surface area contributed by atoms with Crippen molar-refractivity contribution in [2.45, 2.75) is 32.1 Å². The van der Waals surface area contributed by atoms with Gasteiger partial charge in [0.2, 0.25) is 0 Å². The summed E-state index contributed by atoms with van der Waals surface area (Å²) < 4.78 is 19.2. The lowest BCUT2D eigenvalue weighted by atomic mass is 10.1. The van der Waals surface area contributed by atoms with E-state index in [0.717, 1.165) is 23.8 Å². The molecule has 2 aromatic rings. The zero-order chi connectivity index (χ0) is 11.3. The van der Waals surface area contributed by atoms with Gasteiger partial charge in [-0.25, -0.2) is 4.39 Å². The van der Waals surface area contributed by atoms with Gasteiger partial charge in [0.05, 0.1) is 5.02 Å². The highest BCUT2D eigenvalue weighted by Gasteiger charge is 2.26. The van der Waals surface area contributed by atoms with Crippen molar-refractivity contribution in [1.82, 2.24) is 0 Å². The topological polar surface area (TPSA) is 13.1 Å². The van der Waals surface area contributed by atoms with Crippen LogP contribution in [0.2, 0.25) is 5.02 Å². The van der Waals surface area contributed by atoms with Gasteiger partial charge in [-0.1, -0.05) is 18.5 Å². The molecule has 0 aliphatic heterocycles. The predicted octanol–water partition coefficient (Wildman–Crippen LogP) is 4.67. The van der Waals surface area contributed by atoms with Crippen LogP contribution in [0, 0.1) is 5.82 Å². The molecule has 1 aliphatic rings. The molecule has 0 unspecified atom stereocenters. The van der Waals surface area contributed by atoms with E-state index in [9.17, 15) is 4.39 Å². The SMILES string of the molecule is CCc1oc2c(F)cc(C3CC3)cc2c1Cl. The number of fused-ring (bicyclic) bond motifs is 1. The molecule has 1 nitrogen and oxygen atoms in total. The lowest BCUT2D eigenvalue weighted by Gasteiger charge is -1.98. The Morgan fingerprint density at radius 3 is 2.81 bits per heavy atom. The van der Waals surface area contributed by atoms with Crippen LogP contribution in [-0.2, 0) is 6.42 Å². The van der Waals surface area contributed by atoms with Gasteiger partial charge < -0.3 is 4.42 Å². The second-order valence-corrected chi connectivity index (χ2v) is 4.72. The first-order valence-corrected chi connectivity index (χ1v) is 5.98. The summed E-state index contributed by atoms with van der Waals surface area (Å²) in [5, 5.41) is 1.29. The van der Waals surface area contributed by atoms with E-state index < -0.39 is 0 Å². The Bertz CT molecular complexity index is 555. The van der Waals surface area contributed by atoms with Crippen molar-refractivity contribution in [1.29, 1.82) is 0 Å². The summed E-state index contributed by atoms with van der Waals surface area (Å²) in [7, 11) is 0. The molecule has 0 spiro atoms. The van der Waals surface area contributed by atoms with E-state index >= 15 is 0 Å². The Hall–Kier alpha value is -1.02. The van der Waals surface area contributed by atoms with Gasteiger partial charge >= 0.3 is 0 Å². The Morgan fingerprint density at radius 1 is 1.44 bits per heavy atom. The maximum absolute atomic E-state index is 13.8. The maximum atomic E-state index is 13.8. The molecule has 0 bridgehead atoms. The standard InChI is InChI=1S/C13H12ClFO/c1-2-11-12(14)9-5-8(7-3-4-7)6-10(15)13(9)16-11/h5-7H,2-4H2,1H3. The summed E-state index contributed by atoms with van der Waals surface area (Å²) in [6, 6.07) is 3.56. The first-order valence-electron chi connectivity index (χ1n) is 5.61. The fraction of sp³-hybridized carbons (Fsp3) is 0.385. The maximum Gasteiger partial charge on any atom is 0.171 e. The van der Waals surface area contributed by atoms with Crippen LogP contribution in [0.4, 0.5) is 4.39 Å². The van der Waals surface area contributed by atoms with Gasteiger partial charge in [-0.3, -0.25) is 0 Å². The van der Waals surface area contributed by atoms with Crippen LogP contribution in [-0.4, -0.2) is 0 Å². The van der Waals surface area contributed by atoms with E-state index in [1.165, 1.54) is 0 Å². The predicted molar refractivity (Wildman–Crippen MR) is 62.5 cm³/mol. The van der Waals surface area contributed by atoms with Gasteiger partial charge in [0.15, 0.2) is 11.4 Å².